The van der Waals surface area contributed by atoms with Gasteiger partial charge in [0.15, 0.2) is 0 Å². The van der Waals surface area contributed by atoms with Gasteiger partial charge in [-0.25, -0.2) is 0 Å². The molecule has 1 unspecified atom stereocenters. The number of aliphatic hydroxyl groups excluding tert-OH is 2. The van der Waals surface area contributed by atoms with Gasteiger partial charge in [0.25, 0.3) is 0 Å². The number of hydrogen-bond acceptors (Lipinski definition) is 3. The van der Waals surface area contributed by atoms with Crippen LogP contribution in [0.1, 0.15) is 17.7 Å². The summed E-state index contributed by atoms with van der Waals surface area (Å²) in [5.74, 6) is 0. The lowest BCUT2D eigenvalue weighted by Gasteiger charge is -2.26. The number of nitrogens with zero attached hydrogens (tertiary/aromatic N) is 1. The fraction of sp³-hybridized carbons (Fsp3) is 0.467. The first kappa shape index (κ1) is 14.1. The molecule has 1 heterocycles. The van der Waals surface area contributed by atoms with Crippen molar-refractivity contribution in [2.75, 3.05) is 20.3 Å². The summed E-state index contributed by atoms with van der Waals surface area (Å²) in [5.41, 5.74) is 3.56. The fourth-order valence-corrected chi connectivity index (χ4v) is 2.52. The molecule has 1 aromatic heterocycles. The van der Waals surface area contributed by atoms with Gasteiger partial charge in [0.05, 0.1) is 6.61 Å². The number of aromatic amines is 1. The quantitative estimate of drug-likeness (QED) is 0.742. The van der Waals surface area contributed by atoms with Gasteiger partial charge in [-0.1, -0.05) is 18.2 Å². The maximum Gasteiger partial charge on any atom is 0.0587 e. The van der Waals surface area contributed by atoms with Crippen LogP contribution < -0.4 is 0 Å². The topological polar surface area (TPSA) is 59.5 Å². The number of hydrogen-bond donors (Lipinski definition) is 3. The summed E-state index contributed by atoms with van der Waals surface area (Å²) in [6.07, 6.45) is 0.592. The molecule has 104 valence electrons. The van der Waals surface area contributed by atoms with Crippen molar-refractivity contribution in [2.24, 2.45) is 0 Å². The molecule has 2 aromatic rings. The Balaban J connectivity index is 2.23. The summed E-state index contributed by atoms with van der Waals surface area (Å²) in [6.45, 7) is 3.01. The molecule has 0 saturated carbocycles. The summed E-state index contributed by atoms with van der Waals surface area (Å²) in [4.78, 5) is 5.48. The molecule has 0 saturated heterocycles. The Morgan fingerprint density at radius 2 is 2.00 bits per heavy atom. The average Bonchev–Trinajstić information content (AvgIpc) is 2.72. The minimum Gasteiger partial charge on any atom is -0.396 e. The van der Waals surface area contributed by atoms with Crippen molar-refractivity contribution in [3.05, 3.63) is 35.5 Å². The lowest BCUT2D eigenvalue weighted by molar-refractivity contribution is 0.115. The summed E-state index contributed by atoms with van der Waals surface area (Å²) < 4.78 is 0. The van der Waals surface area contributed by atoms with Crippen molar-refractivity contribution in [3.8, 4) is 0 Å². The van der Waals surface area contributed by atoms with Gasteiger partial charge in [-0.05, 0) is 32.0 Å². The van der Waals surface area contributed by atoms with Crippen LogP contribution >= 0.6 is 0 Å². The number of nitrogens with one attached hydrogen (secondary N) is 1. The van der Waals surface area contributed by atoms with Crippen molar-refractivity contribution >= 4 is 10.9 Å². The van der Waals surface area contributed by atoms with Crippen molar-refractivity contribution in [1.82, 2.24) is 9.88 Å². The Labute approximate surface area is 113 Å². The van der Waals surface area contributed by atoms with Gasteiger partial charge in [-0.15, -0.1) is 0 Å². The molecule has 2 rings (SSSR count). The van der Waals surface area contributed by atoms with Crippen LogP contribution in [0.2, 0.25) is 0 Å². The molecule has 0 amide bonds. The predicted molar refractivity (Wildman–Crippen MR) is 77.1 cm³/mol. The van der Waals surface area contributed by atoms with Gasteiger partial charge < -0.3 is 15.2 Å². The van der Waals surface area contributed by atoms with E-state index in [1.165, 1.54) is 10.9 Å². The largest absolute Gasteiger partial charge is 0.396 e. The molecule has 0 aliphatic rings. The minimum atomic E-state index is -0.00179. The highest BCUT2D eigenvalue weighted by atomic mass is 16.3. The monoisotopic (exact) mass is 262 g/mol. The van der Waals surface area contributed by atoms with Gasteiger partial charge in [-0.2, -0.15) is 0 Å². The highest BCUT2D eigenvalue weighted by Crippen LogP contribution is 2.23. The Bertz CT molecular complexity index is 536. The first-order valence-electron chi connectivity index (χ1n) is 6.65. The Hall–Kier alpha value is -1.36. The summed E-state index contributed by atoms with van der Waals surface area (Å²) in [6, 6.07) is 8.24. The van der Waals surface area contributed by atoms with E-state index in [-0.39, 0.29) is 19.3 Å². The fourth-order valence-electron chi connectivity index (χ4n) is 2.52. The summed E-state index contributed by atoms with van der Waals surface area (Å²) in [7, 11) is 1.98. The molecule has 1 aromatic carbocycles. The average molecular weight is 262 g/mol. The van der Waals surface area contributed by atoms with Gasteiger partial charge in [0.1, 0.15) is 0 Å². The van der Waals surface area contributed by atoms with Gasteiger partial charge >= 0.3 is 0 Å². The zero-order valence-electron chi connectivity index (χ0n) is 11.6. The highest BCUT2D eigenvalue weighted by molar-refractivity contribution is 5.84. The molecule has 0 radical (unpaired) electrons. The number of H-pyrrole nitrogens is 1. The molecular formula is C15H22N2O2. The molecule has 0 aliphatic heterocycles. The molecule has 4 nitrogen and oxygen atoms in total. The lowest BCUT2D eigenvalue weighted by atomic mass is 10.1. The second kappa shape index (κ2) is 6.19. The number of para-hydroxylation sites is 1. The second-order valence-electron chi connectivity index (χ2n) is 5.04. The van der Waals surface area contributed by atoms with Crippen LogP contribution in [0.4, 0.5) is 0 Å². The number of aryl methyl sites for hydroxylation is 1. The Morgan fingerprint density at radius 3 is 2.68 bits per heavy atom. The van der Waals surface area contributed by atoms with Crippen LogP contribution in [0, 0.1) is 6.92 Å². The van der Waals surface area contributed by atoms with E-state index in [0.29, 0.717) is 6.42 Å². The number of aliphatic hydroxyl groups is 2. The predicted octanol–water partition coefficient (Wildman–Crippen LogP) is 1.65. The number of aromatic nitrogens is 1. The number of rotatable bonds is 6. The molecule has 1 atom stereocenters. The van der Waals surface area contributed by atoms with Crippen molar-refractivity contribution in [3.63, 3.8) is 0 Å². The van der Waals surface area contributed by atoms with E-state index in [2.05, 4.69) is 28.9 Å². The molecule has 19 heavy (non-hydrogen) atoms. The molecule has 0 spiro atoms. The molecule has 3 N–H and O–H groups in total. The number of fused-ring (bicyclic) bond motifs is 1. The molecular weight excluding hydrogens is 240 g/mol. The first-order valence-corrected chi connectivity index (χ1v) is 6.65. The number of benzene rings is 1. The second-order valence-corrected chi connectivity index (χ2v) is 5.04. The van der Waals surface area contributed by atoms with E-state index >= 15 is 0 Å². The van der Waals surface area contributed by atoms with E-state index in [4.69, 9.17) is 5.11 Å². The van der Waals surface area contributed by atoms with Crippen LogP contribution in [-0.4, -0.2) is 46.4 Å². The zero-order chi connectivity index (χ0) is 13.8. The third-order valence-corrected chi connectivity index (χ3v) is 3.73. The first-order chi connectivity index (χ1) is 9.17. The maximum absolute atomic E-state index is 9.38. The van der Waals surface area contributed by atoms with Gasteiger partial charge in [-0.3, -0.25) is 4.90 Å². The highest BCUT2D eigenvalue weighted by Gasteiger charge is 2.16. The molecule has 4 heteroatoms. The van der Waals surface area contributed by atoms with E-state index < -0.39 is 0 Å². The van der Waals surface area contributed by atoms with Crippen molar-refractivity contribution in [1.29, 1.82) is 0 Å². The summed E-state index contributed by atoms with van der Waals surface area (Å²) >= 11 is 0. The Kier molecular flexibility index (Phi) is 4.58. The third-order valence-electron chi connectivity index (χ3n) is 3.73. The molecule has 0 bridgehead atoms. The zero-order valence-corrected chi connectivity index (χ0v) is 11.6. The lowest BCUT2D eigenvalue weighted by Crippen LogP contribution is -2.35. The normalized spacial score (nSPS) is 13.3. The molecule has 0 aliphatic carbocycles. The summed E-state index contributed by atoms with van der Waals surface area (Å²) in [5, 5.41) is 19.6. The maximum atomic E-state index is 9.38. The van der Waals surface area contributed by atoms with Crippen molar-refractivity contribution < 1.29 is 10.2 Å². The third kappa shape index (κ3) is 2.97. The van der Waals surface area contributed by atoms with E-state index in [1.807, 2.05) is 19.2 Å². The van der Waals surface area contributed by atoms with Crippen molar-refractivity contribution in [2.45, 2.75) is 25.9 Å². The van der Waals surface area contributed by atoms with Gasteiger partial charge in [0.2, 0.25) is 0 Å². The SMILES string of the molecule is Cc1[nH]c2ccccc2c1CN(C)C(CO)CCO. The standard InChI is InChI=1S/C15H22N2O2/c1-11-14(9-17(2)12(10-19)7-8-18)13-5-3-4-6-15(13)16-11/h3-6,12,16,18-19H,7-10H2,1-2H3. The molecule has 0 fully saturated rings. The van der Waals surface area contributed by atoms with Crippen LogP contribution in [0.5, 0.6) is 0 Å². The van der Waals surface area contributed by atoms with Crippen LogP contribution in [0.3, 0.4) is 0 Å². The van der Waals surface area contributed by atoms with Crippen LogP contribution in [-0.2, 0) is 6.54 Å². The van der Waals surface area contributed by atoms with E-state index in [9.17, 15) is 5.11 Å². The number of likely N-dealkylation sites (N-methyl/N-ethyl adjacent to an activating group) is 1. The van der Waals surface area contributed by atoms with Crippen LogP contribution in [0.25, 0.3) is 10.9 Å². The minimum absolute atomic E-state index is 0.00179. The van der Waals surface area contributed by atoms with E-state index in [0.717, 1.165) is 17.8 Å². The van der Waals surface area contributed by atoms with Crippen LogP contribution in [0.15, 0.2) is 24.3 Å². The van der Waals surface area contributed by atoms with Gasteiger partial charge in [0, 0.05) is 35.8 Å². The van der Waals surface area contributed by atoms with E-state index in [1.54, 1.807) is 0 Å². The smallest absolute Gasteiger partial charge is 0.0587 e. The Morgan fingerprint density at radius 1 is 1.26 bits per heavy atom.